The van der Waals surface area contributed by atoms with Crippen molar-refractivity contribution in [2.24, 2.45) is 0 Å². The lowest BCUT2D eigenvalue weighted by Crippen LogP contribution is -2.43. The van der Waals surface area contributed by atoms with E-state index in [2.05, 4.69) is 26.8 Å². The lowest BCUT2D eigenvalue weighted by atomic mass is 10.0. The third kappa shape index (κ3) is 4.92. The van der Waals surface area contributed by atoms with Crippen molar-refractivity contribution in [3.8, 4) is 5.75 Å². The minimum atomic E-state index is -0.466. The van der Waals surface area contributed by atoms with E-state index in [1.54, 1.807) is 12.1 Å². The molecule has 0 aliphatic rings. The van der Waals surface area contributed by atoms with E-state index < -0.39 is 11.8 Å². The largest absolute Gasteiger partial charge is 0.483 e. The predicted octanol–water partition coefficient (Wildman–Crippen LogP) is 5.00. The fourth-order valence-corrected chi connectivity index (χ4v) is 3.85. The Labute approximate surface area is 187 Å². The molecule has 6 heteroatoms. The second kappa shape index (κ2) is 9.45. The number of carbonyl (C=O) groups excluding carboxylic acids is 2. The summed E-state index contributed by atoms with van der Waals surface area (Å²) in [6.45, 7) is -0.232. The monoisotopic (exact) mass is 474 g/mol. The molecule has 154 valence electrons. The van der Waals surface area contributed by atoms with Gasteiger partial charge in [-0.05, 0) is 55.2 Å². The molecule has 0 radical (unpaired) electrons. The van der Waals surface area contributed by atoms with Gasteiger partial charge in [-0.3, -0.25) is 20.4 Å². The van der Waals surface area contributed by atoms with E-state index in [0.717, 1.165) is 31.6 Å². The highest BCUT2D eigenvalue weighted by molar-refractivity contribution is 9.10. The van der Waals surface area contributed by atoms with Crippen molar-refractivity contribution in [3.05, 3.63) is 95.0 Å². The molecule has 0 saturated heterocycles. The van der Waals surface area contributed by atoms with E-state index in [4.69, 9.17) is 4.74 Å². The van der Waals surface area contributed by atoms with Crippen LogP contribution in [-0.4, -0.2) is 18.4 Å². The summed E-state index contributed by atoms with van der Waals surface area (Å²) in [4.78, 5) is 24.1. The first-order valence-electron chi connectivity index (χ1n) is 9.66. The van der Waals surface area contributed by atoms with Gasteiger partial charge in [0, 0.05) is 6.08 Å². The first kappa shape index (κ1) is 20.6. The Kier molecular flexibility index (Phi) is 6.29. The standard InChI is InChI=1S/C25H19BrN2O3/c26-25-21-11-4-2-7-19(21)12-14-22(25)31-16-24(30)28-27-23(29)15-13-18-9-5-8-17-6-1-3-10-20(17)18/h1-15H,16H2,(H,27,29)(H,28,30)/b15-13+. The average Bonchev–Trinajstić information content (AvgIpc) is 2.81. The molecule has 0 unspecified atom stereocenters. The zero-order valence-corrected chi connectivity index (χ0v) is 18.1. The molecular formula is C25H19BrN2O3. The molecule has 0 fully saturated rings. The molecule has 2 N–H and O–H groups in total. The Hall–Kier alpha value is -3.64. The highest BCUT2D eigenvalue weighted by Gasteiger charge is 2.09. The Morgan fingerprint density at radius 2 is 1.48 bits per heavy atom. The third-order valence-electron chi connectivity index (χ3n) is 4.75. The molecule has 0 heterocycles. The number of ether oxygens (including phenoxy) is 1. The Bertz CT molecular complexity index is 1300. The SMILES string of the molecule is O=C(/C=C/c1cccc2ccccc12)NNC(=O)COc1ccc2ccccc2c1Br. The Morgan fingerprint density at radius 1 is 0.806 bits per heavy atom. The molecule has 0 aliphatic carbocycles. The van der Waals surface area contributed by atoms with Crippen LogP contribution in [0.2, 0.25) is 0 Å². The molecular weight excluding hydrogens is 456 g/mol. The van der Waals surface area contributed by atoms with Crippen molar-refractivity contribution >= 4 is 55.4 Å². The van der Waals surface area contributed by atoms with Crippen LogP contribution >= 0.6 is 15.9 Å². The zero-order chi connectivity index (χ0) is 21.6. The van der Waals surface area contributed by atoms with Gasteiger partial charge < -0.3 is 4.74 Å². The highest BCUT2D eigenvalue weighted by atomic mass is 79.9. The summed E-state index contributed by atoms with van der Waals surface area (Å²) in [5.74, 6) is -0.351. The number of hydrogen-bond donors (Lipinski definition) is 2. The first-order valence-corrected chi connectivity index (χ1v) is 10.5. The fourth-order valence-electron chi connectivity index (χ4n) is 3.24. The fraction of sp³-hybridized carbons (Fsp3) is 0.0400. The number of rotatable bonds is 5. The number of halogens is 1. The van der Waals surface area contributed by atoms with Crippen LogP contribution in [0.25, 0.3) is 27.6 Å². The number of carbonyl (C=O) groups is 2. The van der Waals surface area contributed by atoms with E-state index in [1.165, 1.54) is 6.08 Å². The van der Waals surface area contributed by atoms with E-state index in [-0.39, 0.29) is 6.61 Å². The number of benzene rings is 4. The number of fused-ring (bicyclic) bond motifs is 2. The average molecular weight is 475 g/mol. The van der Waals surface area contributed by atoms with E-state index in [1.807, 2.05) is 72.8 Å². The molecule has 4 aromatic rings. The molecule has 4 rings (SSSR count). The van der Waals surface area contributed by atoms with Crippen molar-refractivity contribution in [1.29, 1.82) is 0 Å². The molecule has 0 aliphatic heterocycles. The molecule has 0 saturated carbocycles. The molecule has 5 nitrogen and oxygen atoms in total. The van der Waals surface area contributed by atoms with Crippen LogP contribution in [-0.2, 0) is 9.59 Å². The van der Waals surface area contributed by atoms with Crippen molar-refractivity contribution in [2.45, 2.75) is 0 Å². The van der Waals surface area contributed by atoms with Gasteiger partial charge in [-0.15, -0.1) is 0 Å². The maximum absolute atomic E-state index is 12.1. The summed E-state index contributed by atoms with van der Waals surface area (Å²) in [5, 5.41) is 4.20. The lowest BCUT2D eigenvalue weighted by Gasteiger charge is -2.10. The second-order valence-corrected chi connectivity index (χ2v) is 7.62. The van der Waals surface area contributed by atoms with Crippen molar-refractivity contribution in [3.63, 3.8) is 0 Å². The second-order valence-electron chi connectivity index (χ2n) is 6.83. The summed E-state index contributed by atoms with van der Waals surface area (Å²) in [6.07, 6.45) is 3.09. The maximum atomic E-state index is 12.1. The van der Waals surface area contributed by atoms with Crippen LogP contribution in [0.1, 0.15) is 5.56 Å². The molecule has 4 aromatic carbocycles. The van der Waals surface area contributed by atoms with Crippen LogP contribution in [0.3, 0.4) is 0 Å². The van der Waals surface area contributed by atoms with Gasteiger partial charge in [0.15, 0.2) is 6.61 Å². The molecule has 0 bridgehead atoms. The van der Waals surface area contributed by atoms with Gasteiger partial charge in [0.05, 0.1) is 4.47 Å². The van der Waals surface area contributed by atoms with Crippen LogP contribution < -0.4 is 15.6 Å². The summed E-state index contributed by atoms with van der Waals surface area (Å²) >= 11 is 3.52. The third-order valence-corrected chi connectivity index (χ3v) is 5.57. The first-order chi connectivity index (χ1) is 15.1. The molecule has 2 amide bonds. The van der Waals surface area contributed by atoms with Gasteiger partial charge in [-0.25, -0.2) is 0 Å². The van der Waals surface area contributed by atoms with Crippen molar-refractivity contribution in [2.75, 3.05) is 6.61 Å². The highest BCUT2D eigenvalue weighted by Crippen LogP contribution is 2.32. The topological polar surface area (TPSA) is 67.4 Å². The normalized spacial score (nSPS) is 11.0. The Balaban J connectivity index is 1.31. The smallest absolute Gasteiger partial charge is 0.276 e. The molecule has 31 heavy (non-hydrogen) atoms. The van der Waals surface area contributed by atoms with E-state index in [9.17, 15) is 9.59 Å². The van der Waals surface area contributed by atoms with Gasteiger partial charge in [0.1, 0.15) is 5.75 Å². The number of amides is 2. The summed E-state index contributed by atoms with van der Waals surface area (Å²) < 4.78 is 6.37. The Morgan fingerprint density at radius 3 is 2.29 bits per heavy atom. The number of hydrogen-bond acceptors (Lipinski definition) is 3. The quantitative estimate of drug-likeness (QED) is 0.316. The number of nitrogens with one attached hydrogen (secondary N) is 2. The number of hydrazine groups is 1. The summed E-state index contributed by atoms with van der Waals surface area (Å²) in [5.41, 5.74) is 5.64. The van der Waals surface area contributed by atoms with Crippen LogP contribution in [0.4, 0.5) is 0 Å². The van der Waals surface area contributed by atoms with Gasteiger partial charge >= 0.3 is 0 Å². The van der Waals surface area contributed by atoms with E-state index in [0.29, 0.717) is 5.75 Å². The predicted molar refractivity (Wildman–Crippen MR) is 126 cm³/mol. The van der Waals surface area contributed by atoms with Gasteiger partial charge in [-0.1, -0.05) is 72.8 Å². The molecule has 0 spiro atoms. The van der Waals surface area contributed by atoms with E-state index >= 15 is 0 Å². The zero-order valence-electron chi connectivity index (χ0n) is 16.5. The molecule has 0 aromatic heterocycles. The van der Waals surface area contributed by atoms with Crippen molar-refractivity contribution < 1.29 is 14.3 Å². The van der Waals surface area contributed by atoms with Crippen LogP contribution in [0, 0.1) is 0 Å². The van der Waals surface area contributed by atoms with Gasteiger partial charge in [0.2, 0.25) is 0 Å². The maximum Gasteiger partial charge on any atom is 0.276 e. The van der Waals surface area contributed by atoms with Gasteiger partial charge in [0.25, 0.3) is 11.8 Å². The lowest BCUT2D eigenvalue weighted by molar-refractivity contribution is -0.128. The van der Waals surface area contributed by atoms with Gasteiger partial charge in [-0.2, -0.15) is 0 Å². The molecule has 0 atom stereocenters. The van der Waals surface area contributed by atoms with Crippen molar-refractivity contribution in [1.82, 2.24) is 10.9 Å². The minimum absolute atomic E-state index is 0.232. The van der Waals surface area contributed by atoms with Crippen LogP contribution in [0.15, 0.2) is 89.4 Å². The summed E-state index contributed by atoms with van der Waals surface area (Å²) in [6, 6.07) is 25.4. The minimum Gasteiger partial charge on any atom is -0.483 e. The van der Waals surface area contributed by atoms with Crippen LogP contribution in [0.5, 0.6) is 5.75 Å². The summed E-state index contributed by atoms with van der Waals surface area (Å²) in [7, 11) is 0.